The number of ether oxygens (including phenoxy) is 1. The molecule has 3 aromatic rings. The van der Waals surface area contributed by atoms with Crippen LogP contribution in [0.3, 0.4) is 0 Å². The molecule has 174 valence electrons. The molecule has 0 spiro atoms. The summed E-state index contributed by atoms with van der Waals surface area (Å²) in [6, 6.07) is 14.1. The number of benzene rings is 3. The molecule has 0 heterocycles. The van der Waals surface area contributed by atoms with Crippen molar-refractivity contribution in [3.8, 4) is 5.75 Å². The maximum absolute atomic E-state index is 14.1. The van der Waals surface area contributed by atoms with E-state index >= 15 is 0 Å². The third kappa shape index (κ3) is 6.50. The average molecular weight is 495 g/mol. The van der Waals surface area contributed by atoms with Crippen molar-refractivity contribution >= 4 is 33.2 Å². The van der Waals surface area contributed by atoms with Crippen LogP contribution in [0, 0.1) is 11.6 Å². The van der Waals surface area contributed by atoms with E-state index in [1.54, 1.807) is 37.3 Å². The maximum atomic E-state index is 14.1. The van der Waals surface area contributed by atoms with Gasteiger partial charge in [0.1, 0.15) is 28.3 Å². The number of amides is 1. The largest absolute Gasteiger partial charge is 0.492 e. The van der Waals surface area contributed by atoms with Gasteiger partial charge in [-0.2, -0.15) is 4.72 Å². The molecule has 0 bridgehead atoms. The van der Waals surface area contributed by atoms with E-state index in [-0.39, 0.29) is 34.4 Å². The van der Waals surface area contributed by atoms with Crippen molar-refractivity contribution in [2.24, 2.45) is 0 Å². The molecule has 0 aliphatic rings. The summed E-state index contributed by atoms with van der Waals surface area (Å²) < 4.78 is 61.4. The van der Waals surface area contributed by atoms with Gasteiger partial charge in [0, 0.05) is 11.1 Å². The van der Waals surface area contributed by atoms with Crippen molar-refractivity contribution in [3.05, 3.63) is 89.0 Å². The summed E-state index contributed by atoms with van der Waals surface area (Å²) in [5, 5.41) is 2.48. The van der Waals surface area contributed by atoms with Crippen LogP contribution in [0.15, 0.2) is 71.6 Å². The molecule has 0 saturated carbocycles. The Morgan fingerprint density at radius 3 is 2.45 bits per heavy atom. The molecular weight excluding hydrogens is 474 g/mol. The fourth-order valence-corrected chi connectivity index (χ4v) is 4.67. The lowest BCUT2D eigenvalue weighted by atomic mass is 10.1. The SMILES string of the molecule is CCOc1ccc(Cl)cc1S(=O)(=O)NC(Cc1ccccc1)C(=O)Nc1ccc(F)cc1F. The zero-order valence-corrected chi connectivity index (χ0v) is 19.1. The van der Waals surface area contributed by atoms with Crippen LogP contribution in [-0.2, 0) is 21.2 Å². The molecule has 6 nitrogen and oxygen atoms in total. The highest BCUT2D eigenvalue weighted by Crippen LogP contribution is 2.28. The second-order valence-corrected chi connectivity index (χ2v) is 9.12. The van der Waals surface area contributed by atoms with E-state index in [0.29, 0.717) is 11.6 Å². The Morgan fingerprint density at radius 2 is 1.79 bits per heavy atom. The molecular formula is C23H21ClF2N2O4S. The van der Waals surface area contributed by atoms with Crippen LogP contribution in [0.2, 0.25) is 5.02 Å². The smallest absolute Gasteiger partial charge is 0.245 e. The standard InChI is InChI=1S/C23H21ClF2N2O4S/c1-2-32-21-11-8-16(24)13-22(21)33(30,31)28-20(12-15-6-4-3-5-7-15)23(29)27-19-10-9-17(25)14-18(19)26/h3-11,13-14,20,28H,2,12H2,1H3,(H,27,29). The maximum Gasteiger partial charge on any atom is 0.245 e. The molecule has 0 saturated heterocycles. The molecule has 33 heavy (non-hydrogen) atoms. The Kier molecular flexibility index (Phi) is 8.01. The first-order chi connectivity index (χ1) is 15.7. The highest BCUT2D eigenvalue weighted by atomic mass is 35.5. The van der Waals surface area contributed by atoms with Crippen LogP contribution >= 0.6 is 11.6 Å². The van der Waals surface area contributed by atoms with Gasteiger partial charge in [0.2, 0.25) is 15.9 Å². The van der Waals surface area contributed by atoms with Crippen LogP contribution in [0.4, 0.5) is 14.5 Å². The Bertz CT molecular complexity index is 1240. The highest BCUT2D eigenvalue weighted by molar-refractivity contribution is 7.89. The number of nitrogens with one attached hydrogen (secondary N) is 2. The van der Waals surface area contributed by atoms with Gasteiger partial charge in [-0.05, 0) is 49.2 Å². The Labute approximate surface area is 195 Å². The van der Waals surface area contributed by atoms with Crippen molar-refractivity contribution in [1.29, 1.82) is 0 Å². The first-order valence-corrected chi connectivity index (χ1v) is 11.8. The van der Waals surface area contributed by atoms with Crippen molar-refractivity contribution < 1.29 is 26.7 Å². The van der Waals surface area contributed by atoms with Gasteiger partial charge in [0.25, 0.3) is 0 Å². The van der Waals surface area contributed by atoms with Crippen molar-refractivity contribution in [1.82, 2.24) is 4.72 Å². The van der Waals surface area contributed by atoms with Crippen molar-refractivity contribution in [3.63, 3.8) is 0 Å². The number of carbonyl (C=O) groups excluding carboxylic acids is 1. The van der Waals surface area contributed by atoms with Gasteiger partial charge in [0.15, 0.2) is 0 Å². The fraction of sp³-hybridized carbons (Fsp3) is 0.174. The van der Waals surface area contributed by atoms with Crippen LogP contribution in [0.5, 0.6) is 5.75 Å². The Balaban J connectivity index is 1.94. The third-order valence-electron chi connectivity index (χ3n) is 4.58. The Hall–Kier alpha value is -3.01. The summed E-state index contributed by atoms with van der Waals surface area (Å²) in [6.45, 7) is 1.91. The van der Waals surface area contributed by atoms with Gasteiger partial charge < -0.3 is 10.1 Å². The predicted octanol–water partition coefficient (Wildman–Crippen LogP) is 4.55. The van der Waals surface area contributed by atoms with Gasteiger partial charge in [-0.1, -0.05) is 41.9 Å². The molecule has 3 rings (SSSR count). The number of carbonyl (C=O) groups is 1. The lowest BCUT2D eigenvalue weighted by Crippen LogP contribution is -2.45. The number of rotatable bonds is 9. The zero-order chi connectivity index (χ0) is 24.0. The molecule has 3 aromatic carbocycles. The Morgan fingerprint density at radius 1 is 1.06 bits per heavy atom. The van der Waals surface area contributed by atoms with E-state index in [1.165, 1.54) is 18.2 Å². The van der Waals surface area contributed by atoms with E-state index in [4.69, 9.17) is 16.3 Å². The molecule has 0 aliphatic heterocycles. The first kappa shape index (κ1) is 24.6. The summed E-state index contributed by atoms with van der Waals surface area (Å²) >= 11 is 5.99. The van der Waals surface area contributed by atoms with Gasteiger partial charge in [-0.15, -0.1) is 0 Å². The van der Waals surface area contributed by atoms with Gasteiger partial charge in [-0.25, -0.2) is 17.2 Å². The molecule has 0 fully saturated rings. The molecule has 0 radical (unpaired) electrons. The van der Waals surface area contributed by atoms with Crippen LogP contribution in [-0.4, -0.2) is 27.0 Å². The lowest BCUT2D eigenvalue weighted by Gasteiger charge is -2.20. The molecule has 0 aromatic heterocycles. The van der Waals surface area contributed by atoms with E-state index in [1.807, 2.05) is 0 Å². The predicted molar refractivity (Wildman–Crippen MR) is 122 cm³/mol. The molecule has 0 aliphatic carbocycles. The monoisotopic (exact) mass is 494 g/mol. The number of sulfonamides is 1. The van der Waals surface area contributed by atoms with Crippen LogP contribution < -0.4 is 14.8 Å². The van der Waals surface area contributed by atoms with Gasteiger partial charge in [-0.3, -0.25) is 4.79 Å². The van der Waals surface area contributed by atoms with Crippen LogP contribution in [0.1, 0.15) is 12.5 Å². The lowest BCUT2D eigenvalue weighted by molar-refractivity contribution is -0.117. The normalized spacial score (nSPS) is 12.2. The van der Waals surface area contributed by atoms with E-state index in [0.717, 1.165) is 12.1 Å². The van der Waals surface area contributed by atoms with Gasteiger partial charge >= 0.3 is 0 Å². The second-order valence-electron chi connectivity index (χ2n) is 7.00. The van der Waals surface area contributed by atoms with E-state index < -0.39 is 33.6 Å². The average Bonchev–Trinajstić information content (AvgIpc) is 2.77. The van der Waals surface area contributed by atoms with Crippen molar-refractivity contribution in [2.45, 2.75) is 24.3 Å². The molecule has 2 N–H and O–H groups in total. The summed E-state index contributed by atoms with van der Waals surface area (Å²) in [4.78, 5) is 12.7. The van der Waals surface area contributed by atoms with Gasteiger partial charge in [0.05, 0.1) is 12.3 Å². The minimum Gasteiger partial charge on any atom is -0.492 e. The molecule has 1 unspecified atom stereocenters. The molecule has 1 atom stereocenters. The second kappa shape index (κ2) is 10.7. The van der Waals surface area contributed by atoms with Crippen molar-refractivity contribution in [2.75, 3.05) is 11.9 Å². The minimum absolute atomic E-state index is 0.0285. The summed E-state index contributed by atoms with van der Waals surface area (Å²) in [5.74, 6) is -2.56. The van der Waals surface area contributed by atoms with E-state index in [9.17, 15) is 22.0 Å². The summed E-state index contributed by atoms with van der Waals surface area (Å²) in [7, 11) is -4.28. The summed E-state index contributed by atoms with van der Waals surface area (Å²) in [6.07, 6.45) is -0.0285. The number of hydrogen-bond acceptors (Lipinski definition) is 4. The number of hydrogen-bond donors (Lipinski definition) is 2. The fourth-order valence-electron chi connectivity index (χ4n) is 3.07. The number of anilines is 1. The first-order valence-electron chi connectivity index (χ1n) is 9.94. The minimum atomic E-state index is -4.28. The third-order valence-corrected chi connectivity index (χ3v) is 6.31. The molecule has 10 heteroatoms. The van der Waals surface area contributed by atoms with Crippen LogP contribution in [0.25, 0.3) is 0 Å². The zero-order valence-electron chi connectivity index (χ0n) is 17.5. The number of halogens is 3. The summed E-state index contributed by atoms with van der Waals surface area (Å²) in [5.41, 5.74) is 0.382. The highest BCUT2D eigenvalue weighted by Gasteiger charge is 2.29. The quantitative estimate of drug-likeness (QED) is 0.457. The van der Waals surface area contributed by atoms with E-state index in [2.05, 4.69) is 10.0 Å². The topological polar surface area (TPSA) is 84.5 Å². The molecule has 1 amide bonds.